The molecule has 4 aliphatic heterocycles. The largest absolute Gasteiger partial charge is 0.458 e. The van der Waals surface area contributed by atoms with Crippen molar-refractivity contribution in [1.29, 1.82) is 0 Å². The van der Waals surface area contributed by atoms with E-state index < -0.39 is 71.5 Å². The summed E-state index contributed by atoms with van der Waals surface area (Å²) in [6.45, 7) is 15.5. The molecule has 0 aliphatic carbocycles. The zero-order chi connectivity index (χ0) is 43.5. The maximum atomic E-state index is 14.6. The summed E-state index contributed by atoms with van der Waals surface area (Å²) in [6, 6.07) is 16.2. The molecule has 3 saturated heterocycles. The van der Waals surface area contributed by atoms with E-state index in [1.807, 2.05) is 108 Å². The first kappa shape index (κ1) is 45.2. The maximum absolute atomic E-state index is 14.6. The summed E-state index contributed by atoms with van der Waals surface area (Å²) in [5.41, 5.74) is -0.855. The number of hydrogen-bond donors (Lipinski definition) is 1. The third kappa shape index (κ3) is 9.43. The molecule has 13 atom stereocenters. The maximum Gasteiger partial charge on any atom is 0.410 e. The van der Waals surface area contributed by atoms with E-state index in [0.717, 1.165) is 17.0 Å². The number of amides is 1. The normalized spacial score (nSPS) is 36.3. The lowest BCUT2D eigenvalue weighted by Crippen LogP contribution is -2.60. The molecule has 326 valence electrons. The van der Waals surface area contributed by atoms with Gasteiger partial charge in [-0.25, -0.2) is 4.79 Å². The second-order valence-corrected chi connectivity index (χ2v) is 17.6. The van der Waals surface area contributed by atoms with Gasteiger partial charge in [-0.3, -0.25) is 19.5 Å². The molecule has 1 amide bonds. The van der Waals surface area contributed by atoms with Crippen molar-refractivity contribution < 1.29 is 47.9 Å². The van der Waals surface area contributed by atoms with Gasteiger partial charge in [-0.2, -0.15) is 0 Å². The number of cyclic esters (lactones) is 1. The zero-order valence-electron chi connectivity index (χ0n) is 36.8. The molecule has 4 aliphatic rings. The molecule has 0 saturated carbocycles. The van der Waals surface area contributed by atoms with Crippen LogP contribution in [0.1, 0.15) is 80.2 Å². The molecule has 4 heterocycles. The summed E-state index contributed by atoms with van der Waals surface area (Å²) in [5, 5.41) is 11.7. The molecule has 3 fully saturated rings. The predicted octanol–water partition coefficient (Wildman–Crippen LogP) is 6.29. The van der Waals surface area contributed by atoms with Gasteiger partial charge in [0.2, 0.25) is 0 Å². The Kier molecular flexibility index (Phi) is 14.1. The van der Waals surface area contributed by atoms with Crippen LogP contribution >= 0.6 is 0 Å². The number of aliphatic imine (C=N–C) groups is 1. The van der Waals surface area contributed by atoms with Crippen LogP contribution in [-0.4, -0.2) is 126 Å². The number of carbonyl (C=O) groups excluding carboxylic acids is 3. The molecule has 2 bridgehead atoms. The first-order chi connectivity index (χ1) is 28.5. The number of ketones is 1. The molecule has 60 heavy (non-hydrogen) atoms. The molecule has 2 aromatic carbocycles. The van der Waals surface area contributed by atoms with Crippen LogP contribution in [0.3, 0.4) is 0 Å². The third-order valence-corrected chi connectivity index (χ3v) is 12.9. The lowest BCUT2D eigenvalue weighted by Gasteiger charge is -2.47. The van der Waals surface area contributed by atoms with Gasteiger partial charge < -0.3 is 38.4 Å². The summed E-state index contributed by atoms with van der Waals surface area (Å²) < 4.78 is 38.2. The number of esters is 1. The van der Waals surface area contributed by atoms with Gasteiger partial charge in [-0.15, -0.1) is 0 Å². The van der Waals surface area contributed by atoms with Gasteiger partial charge in [-0.1, -0.05) is 57.7 Å². The van der Waals surface area contributed by atoms with E-state index in [0.29, 0.717) is 38.1 Å². The number of para-hydroxylation sites is 1. The number of fused-ring (bicyclic) bond motifs is 1. The number of ether oxygens (including phenoxy) is 6. The molecular weight excluding hydrogens is 767 g/mol. The van der Waals surface area contributed by atoms with Crippen molar-refractivity contribution in [2.75, 3.05) is 33.8 Å². The molecule has 0 aromatic heterocycles. The van der Waals surface area contributed by atoms with Gasteiger partial charge in [0, 0.05) is 35.7 Å². The molecule has 0 radical (unpaired) electrons. The van der Waals surface area contributed by atoms with Crippen molar-refractivity contribution in [3.05, 3.63) is 60.2 Å². The van der Waals surface area contributed by atoms with Gasteiger partial charge in [0.05, 0.1) is 30.4 Å². The molecular formula is C47H63N3O10. The van der Waals surface area contributed by atoms with Gasteiger partial charge >= 0.3 is 12.1 Å². The number of nitrogens with zero attached hydrogens (tertiary/aromatic N) is 3. The Morgan fingerprint density at radius 2 is 1.65 bits per heavy atom. The molecule has 6 rings (SSSR count). The van der Waals surface area contributed by atoms with Gasteiger partial charge in [-0.05, 0) is 103 Å². The standard InChI is InChI=1S/C47H63N3O10/c1-11-37-47(8)41-30(4)38(48-23-24-50(41)45(54)60-47)28(2)27-46(7,55-25-15-16-33-19-21-35(22-20-33)57-34-17-13-12-14-18-34)42(31(5)39(51)32(6)43(53)58-37)59-44-40(52)36(49(9)10)26-29(3)56-44/h12-14,17-22,28-32,36-37,40-42,44,52H,11,23-27H2,1-10H3/t28-,29-,30+,31+,32-,36+,37-,40-,41-,42-,44+,46+,47-/m1/s1. The highest BCUT2D eigenvalue weighted by molar-refractivity contribution is 6.00. The summed E-state index contributed by atoms with van der Waals surface area (Å²) in [6.07, 6.45) is -3.51. The summed E-state index contributed by atoms with van der Waals surface area (Å²) in [4.78, 5) is 50.8. The Morgan fingerprint density at radius 1 is 0.967 bits per heavy atom. The minimum atomic E-state index is -1.26. The van der Waals surface area contributed by atoms with E-state index in [9.17, 15) is 19.5 Å². The Labute approximate surface area is 355 Å². The highest BCUT2D eigenvalue weighted by Gasteiger charge is 2.60. The minimum absolute atomic E-state index is 0.0360. The lowest BCUT2D eigenvalue weighted by atomic mass is 9.73. The molecule has 13 nitrogen and oxygen atoms in total. The lowest BCUT2D eigenvalue weighted by molar-refractivity contribution is -0.296. The van der Waals surface area contributed by atoms with E-state index in [2.05, 4.69) is 18.8 Å². The quantitative estimate of drug-likeness (QED) is 0.182. The van der Waals surface area contributed by atoms with Gasteiger partial charge in [0.1, 0.15) is 36.2 Å². The molecule has 2 aromatic rings. The zero-order valence-corrected chi connectivity index (χ0v) is 36.8. The highest BCUT2D eigenvalue weighted by Crippen LogP contribution is 2.44. The SMILES string of the molecule is CC[C@H]1OC(=O)[C@H](C)C(=O)[C@H](C)[C@@H](O[C@@H]2O[C@H](C)C[C@H](N(C)C)[C@H]2O)[C@@](C)(OCC#Cc2ccc(Oc3ccccc3)cc2)C[C@@H](C)C2=NCCN3C(=O)O[C@@]1(C)[C@H]3[C@H]2C. The van der Waals surface area contributed by atoms with Crippen molar-refractivity contribution >= 4 is 23.6 Å². The average Bonchev–Trinajstić information content (AvgIpc) is 3.34. The smallest absolute Gasteiger partial charge is 0.410 e. The fourth-order valence-corrected chi connectivity index (χ4v) is 9.82. The van der Waals surface area contributed by atoms with E-state index in [4.69, 9.17) is 33.4 Å². The molecule has 13 heteroatoms. The average molecular weight is 830 g/mol. The number of Topliss-reactive ketones (excluding diaryl/α,β-unsaturated/α-hetero) is 1. The first-order valence-electron chi connectivity index (χ1n) is 21.4. The van der Waals surface area contributed by atoms with Crippen LogP contribution in [0.5, 0.6) is 11.5 Å². The Morgan fingerprint density at radius 3 is 2.32 bits per heavy atom. The van der Waals surface area contributed by atoms with Crippen molar-refractivity contribution in [3.63, 3.8) is 0 Å². The highest BCUT2D eigenvalue weighted by atomic mass is 16.7. The van der Waals surface area contributed by atoms with Crippen molar-refractivity contribution in [2.24, 2.45) is 28.7 Å². The van der Waals surface area contributed by atoms with E-state index in [1.54, 1.807) is 11.8 Å². The number of benzene rings is 2. The first-order valence-corrected chi connectivity index (χ1v) is 21.4. The number of rotatable bonds is 8. The van der Waals surface area contributed by atoms with Crippen molar-refractivity contribution in [1.82, 2.24) is 9.80 Å². The van der Waals surface area contributed by atoms with Crippen molar-refractivity contribution in [2.45, 2.75) is 129 Å². The number of carbonyl (C=O) groups is 3. The predicted molar refractivity (Wildman–Crippen MR) is 226 cm³/mol. The molecule has 0 spiro atoms. The summed E-state index contributed by atoms with van der Waals surface area (Å²) in [5.74, 6) is 3.91. The molecule has 0 unspecified atom stereocenters. The van der Waals surface area contributed by atoms with E-state index in [-0.39, 0.29) is 30.6 Å². The second kappa shape index (κ2) is 18.7. The summed E-state index contributed by atoms with van der Waals surface area (Å²) in [7, 11) is 3.79. The van der Waals surface area contributed by atoms with Crippen molar-refractivity contribution in [3.8, 4) is 23.3 Å². The third-order valence-electron chi connectivity index (χ3n) is 12.9. The van der Waals surface area contributed by atoms with Crippen LogP contribution < -0.4 is 4.74 Å². The second-order valence-electron chi connectivity index (χ2n) is 17.6. The van der Waals surface area contributed by atoms with Crippen LogP contribution in [0.4, 0.5) is 4.79 Å². The van der Waals surface area contributed by atoms with Crippen LogP contribution in [0.25, 0.3) is 0 Å². The number of aliphatic hydroxyl groups excluding tert-OH is 1. The van der Waals surface area contributed by atoms with E-state index >= 15 is 0 Å². The van der Waals surface area contributed by atoms with Gasteiger partial charge in [0.25, 0.3) is 0 Å². The Balaban J connectivity index is 1.38. The topological polar surface area (TPSA) is 146 Å². The number of aliphatic hydroxyl groups is 1. The fraction of sp³-hybridized carbons (Fsp3) is 0.617. The fourth-order valence-electron chi connectivity index (χ4n) is 9.82. The number of hydrogen-bond acceptors (Lipinski definition) is 12. The van der Waals surface area contributed by atoms with Gasteiger partial charge in [0.15, 0.2) is 17.7 Å². The van der Waals surface area contributed by atoms with E-state index in [1.165, 1.54) is 6.92 Å². The Hall–Kier alpha value is -4.32. The number of likely N-dealkylation sites (N-methyl/N-ethyl adjacent to an activating group) is 1. The van der Waals surface area contributed by atoms with Crippen LogP contribution in [-0.2, 0) is 33.3 Å². The van der Waals surface area contributed by atoms with Crippen LogP contribution in [0.15, 0.2) is 59.6 Å². The van der Waals surface area contributed by atoms with Crippen LogP contribution in [0, 0.1) is 35.5 Å². The van der Waals surface area contributed by atoms with Crippen LogP contribution in [0.2, 0.25) is 0 Å². The Bertz CT molecular complexity index is 1930. The molecule has 1 N–H and O–H groups in total. The monoisotopic (exact) mass is 829 g/mol. The summed E-state index contributed by atoms with van der Waals surface area (Å²) >= 11 is 0. The minimum Gasteiger partial charge on any atom is -0.458 e.